The van der Waals surface area contributed by atoms with Crippen LogP contribution in [0.15, 0.2) is 30.7 Å². The molecule has 0 radical (unpaired) electrons. The van der Waals surface area contributed by atoms with Crippen molar-refractivity contribution in [2.75, 3.05) is 0 Å². The summed E-state index contributed by atoms with van der Waals surface area (Å²) in [5.74, 6) is 0.0101. The monoisotopic (exact) mass is 248 g/mol. The van der Waals surface area contributed by atoms with Gasteiger partial charge in [0.15, 0.2) is 0 Å². The minimum absolute atomic E-state index is 0.424. The van der Waals surface area contributed by atoms with Crippen molar-refractivity contribution in [2.24, 2.45) is 0 Å². The molecule has 0 unspecified atom stereocenters. The molecule has 0 aliphatic carbocycles. The van der Waals surface area contributed by atoms with Crippen LogP contribution in [0.3, 0.4) is 0 Å². The molecule has 0 N–H and O–H groups in total. The van der Waals surface area contributed by atoms with E-state index in [0.717, 1.165) is 11.1 Å². The average Bonchev–Trinajstić information content (AvgIpc) is 3.00. The van der Waals surface area contributed by atoms with E-state index in [1.807, 2.05) is 0 Å². The van der Waals surface area contributed by atoms with E-state index < -0.39 is 5.82 Å². The highest BCUT2D eigenvalue weighted by Crippen LogP contribution is 2.17. The van der Waals surface area contributed by atoms with Crippen molar-refractivity contribution < 1.29 is 4.39 Å². The molecule has 84 valence electrons. The van der Waals surface area contributed by atoms with Crippen molar-refractivity contribution in [3.63, 3.8) is 0 Å². The van der Waals surface area contributed by atoms with Crippen molar-refractivity contribution in [3.8, 4) is 16.4 Å². The van der Waals surface area contributed by atoms with Crippen molar-refractivity contribution >= 4 is 11.5 Å². The molecule has 0 aliphatic rings. The molecule has 0 atom stereocenters. The van der Waals surface area contributed by atoms with Crippen molar-refractivity contribution in [3.05, 3.63) is 36.5 Å². The van der Waals surface area contributed by atoms with E-state index in [0.29, 0.717) is 11.5 Å². The first kappa shape index (κ1) is 9.97. The van der Waals surface area contributed by atoms with E-state index in [1.54, 1.807) is 12.3 Å². The molecule has 3 aromatic rings. The second kappa shape index (κ2) is 3.98. The normalized spacial score (nSPS) is 10.6. The van der Waals surface area contributed by atoms with E-state index in [2.05, 4.69) is 24.8 Å². The highest BCUT2D eigenvalue weighted by molar-refractivity contribution is 7.09. The van der Waals surface area contributed by atoms with Gasteiger partial charge in [-0.05, 0) is 22.8 Å². The Hall–Kier alpha value is -2.22. The number of pyridine rings is 1. The van der Waals surface area contributed by atoms with Crippen LogP contribution in [-0.2, 0) is 0 Å². The summed E-state index contributed by atoms with van der Waals surface area (Å²) in [7, 11) is 0. The molecular weight excluding hydrogens is 243 g/mol. The van der Waals surface area contributed by atoms with Crippen LogP contribution < -0.4 is 0 Å². The van der Waals surface area contributed by atoms with Crippen LogP contribution in [0.1, 0.15) is 0 Å². The minimum Gasteiger partial charge on any atom is -0.259 e. The molecule has 0 amide bonds. The van der Waals surface area contributed by atoms with Gasteiger partial charge in [-0.2, -0.15) is 0 Å². The van der Waals surface area contributed by atoms with Gasteiger partial charge in [0, 0.05) is 12.3 Å². The molecule has 0 fully saturated rings. The summed E-state index contributed by atoms with van der Waals surface area (Å²) in [5.41, 5.74) is 0.424. The van der Waals surface area contributed by atoms with Crippen LogP contribution in [0.5, 0.6) is 0 Å². The van der Waals surface area contributed by atoms with Gasteiger partial charge in [-0.3, -0.25) is 4.98 Å². The number of hydrogen-bond donors (Lipinski definition) is 0. The van der Waals surface area contributed by atoms with Crippen LogP contribution in [0, 0.1) is 5.82 Å². The first-order valence-corrected chi connectivity index (χ1v) is 5.42. The molecule has 0 saturated heterocycles. The van der Waals surface area contributed by atoms with Gasteiger partial charge in [0.05, 0.1) is 17.3 Å². The highest BCUT2D eigenvalue weighted by Gasteiger charge is 2.09. The van der Waals surface area contributed by atoms with Crippen molar-refractivity contribution in [1.82, 2.24) is 29.6 Å². The maximum Gasteiger partial charge on any atom is 0.216 e. The smallest absolute Gasteiger partial charge is 0.216 e. The largest absolute Gasteiger partial charge is 0.259 e. The lowest BCUT2D eigenvalue weighted by Crippen LogP contribution is -2.00. The summed E-state index contributed by atoms with van der Waals surface area (Å²) in [5, 5.41) is 11.8. The topological polar surface area (TPSA) is 69.4 Å². The summed E-state index contributed by atoms with van der Waals surface area (Å²) in [6.07, 6.45) is 4.23. The average molecular weight is 248 g/mol. The Balaban J connectivity index is 2.01. The third kappa shape index (κ3) is 1.89. The van der Waals surface area contributed by atoms with Gasteiger partial charge in [0.1, 0.15) is 11.5 Å². The van der Waals surface area contributed by atoms with Crippen molar-refractivity contribution in [2.45, 2.75) is 0 Å². The zero-order valence-corrected chi connectivity index (χ0v) is 9.17. The van der Waals surface area contributed by atoms with Crippen LogP contribution >= 0.6 is 11.5 Å². The SMILES string of the molecule is Fc1cncc(-n2nnc(-c3ccns3)n2)c1. The Morgan fingerprint density at radius 3 is 3.00 bits per heavy atom. The quantitative estimate of drug-likeness (QED) is 0.684. The fourth-order valence-electron chi connectivity index (χ4n) is 1.26. The number of aromatic nitrogens is 6. The molecule has 6 nitrogen and oxygen atoms in total. The molecule has 3 rings (SSSR count). The van der Waals surface area contributed by atoms with Gasteiger partial charge in [0.25, 0.3) is 0 Å². The van der Waals surface area contributed by atoms with Gasteiger partial charge in [-0.15, -0.1) is 15.0 Å². The van der Waals surface area contributed by atoms with Crippen LogP contribution in [0.2, 0.25) is 0 Å². The van der Waals surface area contributed by atoms with Crippen LogP contribution in [0.4, 0.5) is 4.39 Å². The Kier molecular flexibility index (Phi) is 2.33. The summed E-state index contributed by atoms with van der Waals surface area (Å²) >= 11 is 1.27. The predicted octanol–water partition coefficient (Wildman–Crippen LogP) is 1.32. The van der Waals surface area contributed by atoms with E-state index >= 15 is 0 Å². The summed E-state index contributed by atoms with van der Waals surface area (Å²) < 4.78 is 16.9. The lowest BCUT2D eigenvalue weighted by Gasteiger charge is -1.95. The fraction of sp³-hybridized carbons (Fsp3) is 0. The van der Waals surface area contributed by atoms with Crippen LogP contribution in [0.25, 0.3) is 16.4 Å². The van der Waals surface area contributed by atoms with Crippen LogP contribution in [-0.4, -0.2) is 29.6 Å². The Bertz CT molecular complexity index is 634. The molecule has 0 spiro atoms. The standard InChI is InChI=1S/C9H5FN6S/c10-6-3-7(5-11-4-6)16-14-9(13-15-16)8-1-2-12-17-8/h1-5H. The number of nitrogens with zero attached hydrogens (tertiary/aromatic N) is 6. The Labute approximate surface area is 98.9 Å². The van der Waals surface area contributed by atoms with E-state index in [1.165, 1.54) is 28.6 Å². The lowest BCUT2D eigenvalue weighted by atomic mass is 10.4. The van der Waals surface area contributed by atoms with E-state index in [-0.39, 0.29) is 0 Å². The molecule has 3 heterocycles. The molecule has 0 saturated carbocycles. The number of hydrogen-bond acceptors (Lipinski definition) is 6. The maximum atomic E-state index is 13.0. The highest BCUT2D eigenvalue weighted by atomic mass is 32.1. The third-order valence-corrected chi connectivity index (χ3v) is 2.74. The van der Waals surface area contributed by atoms with E-state index in [9.17, 15) is 4.39 Å². The first-order chi connectivity index (χ1) is 8.33. The summed E-state index contributed by atoms with van der Waals surface area (Å²) in [4.78, 5) is 5.75. The predicted molar refractivity (Wildman–Crippen MR) is 58.0 cm³/mol. The Morgan fingerprint density at radius 2 is 2.24 bits per heavy atom. The second-order valence-electron chi connectivity index (χ2n) is 3.14. The fourth-order valence-corrected chi connectivity index (χ4v) is 1.78. The Morgan fingerprint density at radius 1 is 1.29 bits per heavy atom. The van der Waals surface area contributed by atoms with Gasteiger partial charge < -0.3 is 0 Å². The van der Waals surface area contributed by atoms with Crippen molar-refractivity contribution in [1.29, 1.82) is 0 Å². The number of tetrazole rings is 1. The van der Waals surface area contributed by atoms with E-state index in [4.69, 9.17) is 0 Å². The minimum atomic E-state index is -0.445. The first-order valence-electron chi connectivity index (χ1n) is 4.65. The van der Waals surface area contributed by atoms with Gasteiger partial charge in [-0.25, -0.2) is 8.76 Å². The molecule has 0 aromatic carbocycles. The van der Waals surface area contributed by atoms with Gasteiger partial charge in [0.2, 0.25) is 5.82 Å². The maximum absolute atomic E-state index is 13.0. The zero-order chi connectivity index (χ0) is 11.7. The van der Waals surface area contributed by atoms with Gasteiger partial charge >= 0.3 is 0 Å². The molecule has 3 aromatic heterocycles. The third-order valence-electron chi connectivity index (χ3n) is 1.99. The number of rotatable bonds is 2. The molecule has 17 heavy (non-hydrogen) atoms. The second-order valence-corrected chi connectivity index (χ2v) is 3.97. The summed E-state index contributed by atoms with van der Waals surface area (Å²) in [6, 6.07) is 3.07. The molecule has 8 heteroatoms. The van der Waals surface area contributed by atoms with Gasteiger partial charge in [-0.1, -0.05) is 0 Å². The molecular formula is C9H5FN6S. The molecule has 0 bridgehead atoms. The lowest BCUT2D eigenvalue weighted by molar-refractivity contribution is 0.613. The summed E-state index contributed by atoms with van der Waals surface area (Å²) in [6.45, 7) is 0. The molecule has 0 aliphatic heterocycles. The number of halogens is 1. The zero-order valence-electron chi connectivity index (χ0n) is 8.36.